The maximum atomic E-state index is 14.0. The molecule has 0 radical (unpaired) electrons. The predicted molar refractivity (Wildman–Crippen MR) is 160 cm³/mol. The van der Waals surface area contributed by atoms with Crippen molar-refractivity contribution in [2.24, 2.45) is 0 Å². The number of hydrogen-bond donors (Lipinski definition) is 3. The first kappa shape index (κ1) is 30.0. The molecule has 42 heavy (non-hydrogen) atoms. The second-order valence-electron chi connectivity index (χ2n) is 10.7. The summed E-state index contributed by atoms with van der Waals surface area (Å²) in [6, 6.07) is 27.6. The van der Waals surface area contributed by atoms with E-state index in [0.717, 1.165) is 16.7 Å². The van der Waals surface area contributed by atoms with E-state index in [4.69, 9.17) is 4.74 Å². The quantitative estimate of drug-likeness (QED) is 0.222. The van der Waals surface area contributed by atoms with Gasteiger partial charge in [-0.15, -0.1) is 0 Å². The first-order valence-corrected chi connectivity index (χ1v) is 13.9. The van der Waals surface area contributed by atoms with Crippen molar-refractivity contribution in [1.29, 1.82) is 0 Å². The molecule has 0 bridgehead atoms. The van der Waals surface area contributed by atoms with Gasteiger partial charge in [0, 0.05) is 31.1 Å². The number of amides is 3. The third-order valence-electron chi connectivity index (χ3n) is 6.92. The Morgan fingerprint density at radius 1 is 0.905 bits per heavy atom. The Labute approximate surface area is 246 Å². The maximum Gasteiger partial charge on any atom is 0.408 e. The van der Waals surface area contributed by atoms with Crippen LogP contribution in [0.3, 0.4) is 0 Å². The number of nitrogens with zero attached hydrogens (tertiary/aromatic N) is 2. The van der Waals surface area contributed by atoms with Crippen molar-refractivity contribution in [1.82, 2.24) is 25.5 Å². The van der Waals surface area contributed by atoms with Gasteiger partial charge in [0.25, 0.3) is 0 Å². The van der Waals surface area contributed by atoms with Gasteiger partial charge in [-0.2, -0.15) is 0 Å². The average Bonchev–Trinajstić information content (AvgIpc) is 3.53. The Morgan fingerprint density at radius 3 is 2.14 bits per heavy atom. The zero-order valence-corrected chi connectivity index (χ0v) is 24.0. The molecular formula is C33H37N5O4. The number of H-pyrrole nitrogens is 1. The molecule has 0 saturated carbocycles. The number of nitrogens with one attached hydrogen (secondary N) is 3. The number of alkyl carbamates (subject to hydrolysis) is 1. The van der Waals surface area contributed by atoms with Gasteiger partial charge in [0.1, 0.15) is 12.6 Å². The van der Waals surface area contributed by atoms with Crippen LogP contribution in [0.15, 0.2) is 104 Å². The number of carbonyl (C=O) groups is 3. The van der Waals surface area contributed by atoms with Gasteiger partial charge in [-0.05, 0) is 16.7 Å². The highest BCUT2D eigenvalue weighted by molar-refractivity contribution is 5.89. The van der Waals surface area contributed by atoms with E-state index < -0.39 is 18.0 Å². The number of hydrogen-bond acceptors (Lipinski definition) is 5. The average molecular weight is 568 g/mol. The molecule has 1 aromatic heterocycles. The molecule has 0 aliphatic heterocycles. The van der Waals surface area contributed by atoms with Crippen LogP contribution in [0.2, 0.25) is 0 Å². The van der Waals surface area contributed by atoms with E-state index >= 15 is 0 Å². The van der Waals surface area contributed by atoms with E-state index in [2.05, 4.69) is 34.4 Å². The minimum atomic E-state index is -1.01. The lowest BCUT2D eigenvalue weighted by atomic mass is 9.84. The lowest BCUT2D eigenvalue weighted by Gasteiger charge is -2.29. The molecule has 3 N–H and O–H groups in total. The molecule has 0 unspecified atom stereocenters. The molecular weight excluding hydrogens is 530 g/mol. The molecule has 3 aromatic carbocycles. The second-order valence-corrected chi connectivity index (χ2v) is 10.7. The minimum absolute atomic E-state index is 0.0589. The van der Waals surface area contributed by atoms with Crippen LogP contribution < -0.4 is 10.6 Å². The summed E-state index contributed by atoms with van der Waals surface area (Å²) in [5.74, 6) is -0.718. The largest absolute Gasteiger partial charge is 0.445 e. The Bertz CT molecular complexity index is 1410. The molecule has 0 spiro atoms. The van der Waals surface area contributed by atoms with Crippen LogP contribution in [0.5, 0.6) is 0 Å². The predicted octanol–water partition coefficient (Wildman–Crippen LogP) is 4.37. The fraction of sp³-hybridized carbons (Fsp3) is 0.273. The fourth-order valence-electron chi connectivity index (χ4n) is 4.49. The van der Waals surface area contributed by atoms with Crippen molar-refractivity contribution in [3.63, 3.8) is 0 Å². The molecule has 1 atom stereocenters. The van der Waals surface area contributed by atoms with Gasteiger partial charge in [0.2, 0.25) is 11.8 Å². The van der Waals surface area contributed by atoms with Gasteiger partial charge in [-0.25, -0.2) is 9.78 Å². The molecule has 0 aliphatic carbocycles. The van der Waals surface area contributed by atoms with Crippen LogP contribution >= 0.6 is 0 Å². The van der Waals surface area contributed by atoms with Crippen LogP contribution in [0, 0.1) is 0 Å². The summed E-state index contributed by atoms with van der Waals surface area (Å²) in [5.41, 5.74) is 3.06. The van der Waals surface area contributed by atoms with Gasteiger partial charge in [-0.1, -0.05) is 105 Å². The van der Waals surface area contributed by atoms with E-state index in [9.17, 15) is 14.4 Å². The van der Waals surface area contributed by atoms with E-state index in [0.29, 0.717) is 12.2 Å². The topological polar surface area (TPSA) is 116 Å². The standard InChI is InChI=1S/C33H37N5O4/c1-33(2,27-16-10-5-11-17-27)23-35-30(39)21-38(20-25-12-6-3-7-13-25)31(40)29(18-28-19-34-24-36-28)37-32(41)42-22-26-14-8-4-9-15-26/h3-17,19,24,29H,18,20-23H2,1-2H3,(H,34,36)(H,35,39)(H,37,41)/t29-/m0/s1. The number of carbonyl (C=O) groups excluding carboxylic acids is 3. The third-order valence-corrected chi connectivity index (χ3v) is 6.92. The van der Waals surface area contributed by atoms with Gasteiger partial charge in [0.05, 0.1) is 18.6 Å². The number of rotatable bonds is 13. The van der Waals surface area contributed by atoms with Crippen LogP contribution in [0.4, 0.5) is 4.79 Å². The zero-order chi connectivity index (χ0) is 29.8. The molecule has 0 saturated heterocycles. The highest BCUT2D eigenvalue weighted by Crippen LogP contribution is 2.21. The number of imidazole rings is 1. The van der Waals surface area contributed by atoms with Gasteiger partial charge < -0.3 is 25.3 Å². The van der Waals surface area contributed by atoms with Crippen LogP contribution in [-0.2, 0) is 39.3 Å². The van der Waals surface area contributed by atoms with Crippen LogP contribution in [0.25, 0.3) is 0 Å². The summed E-state index contributed by atoms with van der Waals surface area (Å²) < 4.78 is 5.40. The number of aromatic amines is 1. The maximum absolute atomic E-state index is 14.0. The molecule has 9 heteroatoms. The summed E-state index contributed by atoms with van der Waals surface area (Å²) in [4.78, 5) is 48.6. The smallest absolute Gasteiger partial charge is 0.408 e. The van der Waals surface area contributed by atoms with Crippen molar-refractivity contribution in [2.75, 3.05) is 13.1 Å². The molecule has 0 aliphatic rings. The minimum Gasteiger partial charge on any atom is -0.445 e. The van der Waals surface area contributed by atoms with Crippen LogP contribution in [-0.4, -0.2) is 51.9 Å². The van der Waals surface area contributed by atoms with Crippen molar-refractivity contribution in [3.05, 3.63) is 126 Å². The van der Waals surface area contributed by atoms with Gasteiger partial charge >= 0.3 is 6.09 Å². The molecule has 0 fully saturated rings. The molecule has 218 valence electrons. The van der Waals surface area contributed by atoms with Crippen LogP contribution in [0.1, 0.15) is 36.2 Å². The molecule has 4 rings (SSSR count). The van der Waals surface area contributed by atoms with Gasteiger partial charge in [-0.3, -0.25) is 9.59 Å². The lowest BCUT2D eigenvalue weighted by molar-refractivity contribution is -0.138. The highest BCUT2D eigenvalue weighted by atomic mass is 16.5. The Balaban J connectivity index is 1.48. The van der Waals surface area contributed by atoms with Crippen molar-refractivity contribution in [3.8, 4) is 0 Å². The first-order chi connectivity index (χ1) is 20.3. The SMILES string of the molecule is CC(C)(CNC(=O)CN(Cc1ccccc1)C(=O)[C@H](Cc1c[nH]cn1)NC(=O)OCc1ccccc1)c1ccccc1. The van der Waals surface area contributed by atoms with Crippen molar-refractivity contribution < 1.29 is 19.1 Å². The third kappa shape index (κ3) is 9.05. The number of aromatic nitrogens is 2. The Morgan fingerprint density at radius 2 is 1.52 bits per heavy atom. The molecule has 4 aromatic rings. The molecule has 1 heterocycles. The lowest BCUT2D eigenvalue weighted by Crippen LogP contribution is -2.52. The summed E-state index contributed by atoms with van der Waals surface area (Å²) in [5, 5.41) is 5.70. The summed E-state index contributed by atoms with van der Waals surface area (Å²) >= 11 is 0. The van der Waals surface area contributed by atoms with Gasteiger partial charge in [0.15, 0.2) is 0 Å². The van der Waals surface area contributed by atoms with E-state index in [1.54, 1.807) is 6.20 Å². The van der Waals surface area contributed by atoms with E-state index in [1.165, 1.54) is 11.2 Å². The normalized spacial score (nSPS) is 11.8. The number of ether oxygens (including phenoxy) is 1. The first-order valence-electron chi connectivity index (χ1n) is 13.9. The second kappa shape index (κ2) is 14.6. The Hall–Kier alpha value is -4.92. The Kier molecular flexibility index (Phi) is 10.5. The summed E-state index contributed by atoms with van der Waals surface area (Å²) in [6.45, 7) is 4.57. The molecule has 3 amide bonds. The summed E-state index contributed by atoms with van der Waals surface area (Å²) in [7, 11) is 0. The highest BCUT2D eigenvalue weighted by Gasteiger charge is 2.30. The van der Waals surface area contributed by atoms with E-state index in [1.807, 2.05) is 91.0 Å². The van der Waals surface area contributed by atoms with Crippen molar-refractivity contribution >= 4 is 17.9 Å². The fourth-order valence-corrected chi connectivity index (χ4v) is 4.49. The number of benzene rings is 3. The summed E-state index contributed by atoms with van der Waals surface area (Å²) in [6.07, 6.45) is 2.56. The van der Waals surface area contributed by atoms with E-state index in [-0.39, 0.29) is 37.4 Å². The van der Waals surface area contributed by atoms with Crippen molar-refractivity contribution in [2.45, 2.75) is 44.9 Å². The zero-order valence-electron chi connectivity index (χ0n) is 24.0. The molecule has 9 nitrogen and oxygen atoms in total. The monoisotopic (exact) mass is 567 g/mol.